The van der Waals surface area contributed by atoms with Crippen LogP contribution in [0.15, 0.2) is 48.8 Å². The Bertz CT molecular complexity index is 723. The second-order valence-corrected chi connectivity index (χ2v) is 4.35. The van der Waals surface area contributed by atoms with Crippen LogP contribution in [0.5, 0.6) is 5.88 Å². The number of hydrogen-bond acceptors (Lipinski definition) is 5. The summed E-state index contributed by atoms with van der Waals surface area (Å²) in [7, 11) is 1.52. The van der Waals surface area contributed by atoms with Crippen LogP contribution in [0.1, 0.15) is 17.4 Å². The number of pyridine rings is 1. The van der Waals surface area contributed by atoms with Crippen molar-refractivity contribution in [3.8, 4) is 5.88 Å². The highest BCUT2D eigenvalue weighted by atomic mass is 16.5. The first kappa shape index (κ1) is 12.5. The van der Waals surface area contributed by atoms with E-state index in [1.807, 2.05) is 24.3 Å². The third-order valence-corrected chi connectivity index (χ3v) is 3.16. The van der Waals surface area contributed by atoms with Crippen molar-refractivity contribution in [1.29, 1.82) is 0 Å². The third kappa shape index (κ3) is 2.19. The first-order valence-electron chi connectivity index (χ1n) is 6.18. The zero-order valence-corrected chi connectivity index (χ0v) is 10.9. The lowest BCUT2D eigenvalue weighted by Crippen LogP contribution is -2.05. The van der Waals surface area contributed by atoms with Crippen LogP contribution in [0.2, 0.25) is 0 Å². The number of methoxy groups -OCH3 is 1. The minimum Gasteiger partial charge on any atom is -0.480 e. The molecule has 2 heterocycles. The lowest BCUT2D eigenvalue weighted by atomic mass is 10.0. The molecule has 1 atom stereocenters. The highest BCUT2D eigenvalue weighted by molar-refractivity contribution is 5.85. The molecular formula is C15H13N3O2. The monoisotopic (exact) mass is 267 g/mol. The van der Waals surface area contributed by atoms with Gasteiger partial charge < -0.3 is 9.84 Å². The molecule has 0 aliphatic carbocycles. The van der Waals surface area contributed by atoms with Gasteiger partial charge in [-0.1, -0.05) is 18.2 Å². The number of aromatic nitrogens is 3. The molecule has 3 rings (SSSR count). The molecule has 5 nitrogen and oxygen atoms in total. The van der Waals surface area contributed by atoms with Crippen molar-refractivity contribution in [2.75, 3.05) is 7.11 Å². The van der Waals surface area contributed by atoms with Crippen molar-refractivity contribution in [3.63, 3.8) is 0 Å². The number of benzene rings is 1. The van der Waals surface area contributed by atoms with E-state index in [4.69, 9.17) is 4.74 Å². The molecule has 0 aliphatic heterocycles. The number of aliphatic hydroxyl groups is 1. The van der Waals surface area contributed by atoms with Gasteiger partial charge in [-0.25, -0.2) is 0 Å². The predicted molar refractivity (Wildman–Crippen MR) is 74.4 cm³/mol. The summed E-state index contributed by atoms with van der Waals surface area (Å²) in [5.74, 6) is 0.417. The third-order valence-electron chi connectivity index (χ3n) is 3.16. The number of aliphatic hydroxyl groups excluding tert-OH is 1. The van der Waals surface area contributed by atoms with E-state index in [1.165, 1.54) is 7.11 Å². The summed E-state index contributed by atoms with van der Waals surface area (Å²) < 4.78 is 4.96. The van der Waals surface area contributed by atoms with Gasteiger partial charge in [-0.3, -0.25) is 4.98 Å². The van der Waals surface area contributed by atoms with Gasteiger partial charge in [-0.05, 0) is 23.1 Å². The molecule has 100 valence electrons. The van der Waals surface area contributed by atoms with Gasteiger partial charge in [0.1, 0.15) is 6.10 Å². The van der Waals surface area contributed by atoms with Crippen LogP contribution in [0.25, 0.3) is 10.8 Å². The van der Waals surface area contributed by atoms with Crippen LogP contribution in [-0.4, -0.2) is 27.4 Å². The maximum absolute atomic E-state index is 10.5. The predicted octanol–water partition coefficient (Wildman–Crippen LogP) is 2.12. The van der Waals surface area contributed by atoms with E-state index in [0.29, 0.717) is 11.6 Å². The molecule has 0 saturated carbocycles. The van der Waals surface area contributed by atoms with Gasteiger partial charge in [0, 0.05) is 23.8 Å². The molecular weight excluding hydrogens is 254 g/mol. The molecule has 1 unspecified atom stereocenters. The summed E-state index contributed by atoms with van der Waals surface area (Å²) >= 11 is 0. The van der Waals surface area contributed by atoms with E-state index in [-0.39, 0.29) is 0 Å². The molecule has 0 fully saturated rings. The Morgan fingerprint density at radius 3 is 2.75 bits per heavy atom. The van der Waals surface area contributed by atoms with Gasteiger partial charge in [0.25, 0.3) is 0 Å². The van der Waals surface area contributed by atoms with Gasteiger partial charge in [0.2, 0.25) is 5.88 Å². The van der Waals surface area contributed by atoms with Gasteiger partial charge in [0.15, 0.2) is 0 Å². The standard InChI is InChI=1S/C15H13N3O2/c1-20-14-6-5-13(17-18-14)15(19)11-4-2-3-10-7-8-16-9-12(10)11/h2-9,15,19H,1H3. The summed E-state index contributed by atoms with van der Waals surface area (Å²) in [5, 5.41) is 20.3. The average Bonchev–Trinajstić information content (AvgIpc) is 2.54. The van der Waals surface area contributed by atoms with Crippen LogP contribution in [-0.2, 0) is 0 Å². The smallest absolute Gasteiger partial charge is 0.233 e. The second-order valence-electron chi connectivity index (χ2n) is 4.35. The van der Waals surface area contributed by atoms with Crippen LogP contribution in [0, 0.1) is 0 Å². The minimum absolute atomic E-state index is 0.417. The topological polar surface area (TPSA) is 68.1 Å². The first-order valence-corrected chi connectivity index (χ1v) is 6.18. The van der Waals surface area contributed by atoms with Gasteiger partial charge in [-0.15, -0.1) is 10.2 Å². The second kappa shape index (κ2) is 5.22. The zero-order valence-electron chi connectivity index (χ0n) is 10.9. The fraction of sp³-hybridized carbons (Fsp3) is 0.133. The maximum Gasteiger partial charge on any atom is 0.233 e. The Morgan fingerprint density at radius 1 is 1.10 bits per heavy atom. The Labute approximate surface area is 115 Å². The van der Waals surface area contributed by atoms with Crippen LogP contribution in [0.3, 0.4) is 0 Å². The maximum atomic E-state index is 10.5. The van der Waals surface area contributed by atoms with E-state index < -0.39 is 6.10 Å². The van der Waals surface area contributed by atoms with Crippen LogP contribution < -0.4 is 4.74 Å². The van der Waals surface area contributed by atoms with E-state index >= 15 is 0 Å². The van der Waals surface area contributed by atoms with Crippen molar-refractivity contribution in [2.24, 2.45) is 0 Å². The number of hydrogen-bond donors (Lipinski definition) is 1. The molecule has 0 radical (unpaired) electrons. The zero-order chi connectivity index (χ0) is 13.9. The molecule has 2 aromatic heterocycles. The molecule has 0 saturated heterocycles. The molecule has 5 heteroatoms. The van der Waals surface area contributed by atoms with Crippen LogP contribution in [0.4, 0.5) is 0 Å². The molecule has 0 spiro atoms. The summed E-state index contributed by atoms with van der Waals surface area (Å²) in [6.07, 6.45) is 2.62. The quantitative estimate of drug-likeness (QED) is 0.787. The number of nitrogens with zero attached hydrogens (tertiary/aromatic N) is 3. The lowest BCUT2D eigenvalue weighted by Gasteiger charge is -2.12. The highest BCUT2D eigenvalue weighted by Crippen LogP contribution is 2.27. The molecule has 0 bridgehead atoms. The van der Waals surface area contributed by atoms with Crippen molar-refractivity contribution in [3.05, 3.63) is 60.0 Å². The fourth-order valence-corrected chi connectivity index (χ4v) is 2.12. The van der Waals surface area contributed by atoms with E-state index in [2.05, 4.69) is 15.2 Å². The van der Waals surface area contributed by atoms with Gasteiger partial charge in [0.05, 0.1) is 12.8 Å². The van der Waals surface area contributed by atoms with E-state index in [1.54, 1.807) is 24.5 Å². The lowest BCUT2D eigenvalue weighted by molar-refractivity contribution is 0.215. The Hall–Kier alpha value is -2.53. The minimum atomic E-state index is -0.846. The fourth-order valence-electron chi connectivity index (χ4n) is 2.12. The van der Waals surface area contributed by atoms with Crippen molar-refractivity contribution in [2.45, 2.75) is 6.10 Å². The van der Waals surface area contributed by atoms with Crippen molar-refractivity contribution in [1.82, 2.24) is 15.2 Å². The van der Waals surface area contributed by atoms with Crippen LogP contribution >= 0.6 is 0 Å². The highest BCUT2D eigenvalue weighted by Gasteiger charge is 2.15. The number of ether oxygens (including phenoxy) is 1. The van der Waals surface area contributed by atoms with Crippen molar-refractivity contribution < 1.29 is 9.84 Å². The molecule has 3 aromatic rings. The molecule has 1 aromatic carbocycles. The van der Waals surface area contributed by atoms with Gasteiger partial charge in [-0.2, -0.15) is 0 Å². The summed E-state index contributed by atoms with van der Waals surface area (Å²) in [5.41, 5.74) is 1.23. The molecule has 20 heavy (non-hydrogen) atoms. The Kier molecular flexibility index (Phi) is 3.26. The SMILES string of the molecule is COc1ccc(C(O)c2cccc3ccncc23)nn1. The largest absolute Gasteiger partial charge is 0.480 e. The van der Waals surface area contributed by atoms with Crippen molar-refractivity contribution >= 4 is 10.8 Å². The van der Waals surface area contributed by atoms with E-state index in [0.717, 1.165) is 16.3 Å². The summed E-state index contributed by atoms with van der Waals surface area (Å²) in [4.78, 5) is 4.11. The average molecular weight is 267 g/mol. The summed E-state index contributed by atoms with van der Waals surface area (Å²) in [6, 6.07) is 11.0. The molecule has 0 aliphatic rings. The van der Waals surface area contributed by atoms with Gasteiger partial charge >= 0.3 is 0 Å². The number of fused-ring (bicyclic) bond motifs is 1. The van der Waals surface area contributed by atoms with E-state index in [9.17, 15) is 5.11 Å². The summed E-state index contributed by atoms with van der Waals surface area (Å²) in [6.45, 7) is 0. The molecule has 0 amide bonds. The molecule has 1 N–H and O–H groups in total. The number of rotatable bonds is 3. The normalized spacial score (nSPS) is 12.3. The Morgan fingerprint density at radius 2 is 2.00 bits per heavy atom. The first-order chi connectivity index (χ1) is 9.79. The Balaban J connectivity index is 2.05.